The van der Waals surface area contributed by atoms with Crippen LogP contribution in [0.25, 0.3) is 0 Å². The Labute approximate surface area is 145 Å². The number of carbonyl (C=O) groups excluding carboxylic acids is 1. The molecule has 1 N–H and O–H groups in total. The summed E-state index contributed by atoms with van der Waals surface area (Å²) < 4.78 is 10.5. The summed E-state index contributed by atoms with van der Waals surface area (Å²) in [7, 11) is 1.55. The quantitative estimate of drug-likeness (QED) is 0.897. The molecule has 128 valence electrons. The summed E-state index contributed by atoms with van der Waals surface area (Å²) in [5.41, 5.74) is 0.539. The summed E-state index contributed by atoms with van der Waals surface area (Å²) in [5.74, 6) is 2.16. The molecule has 1 aliphatic carbocycles. The molecule has 2 atom stereocenters. The van der Waals surface area contributed by atoms with Gasteiger partial charge >= 0.3 is 0 Å². The van der Waals surface area contributed by atoms with Crippen molar-refractivity contribution in [2.24, 2.45) is 5.92 Å². The minimum absolute atomic E-state index is 0.112. The fourth-order valence-corrected chi connectivity index (χ4v) is 3.39. The summed E-state index contributed by atoms with van der Waals surface area (Å²) in [5, 5.41) is 11.4. The minimum atomic E-state index is -0.112. The zero-order chi connectivity index (χ0) is 17.1. The van der Waals surface area contributed by atoms with E-state index in [1.54, 1.807) is 32.2 Å². The highest BCUT2D eigenvalue weighted by molar-refractivity contribution is 6.32. The number of aryl methyl sites for hydroxylation is 1. The van der Waals surface area contributed by atoms with E-state index in [-0.39, 0.29) is 11.9 Å². The Balaban J connectivity index is 1.55. The van der Waals surface area contributed by atoms with Gasteiger partial charge in [-0.05, 0) is 43.4 Å². The Morgan fingerprint density at radius 2 is 2.25 bits per heavy atom. The predicted molar refractivity (Wildman–Crippen MR) is 89.3 cm³/mol. The van der Waals surface area contributed by atoms with Crippen LogP contribution in [-0.2, 0) is 6.42 Å². The molecule has 0 spiro atoms. The van der Waals surface area contributed by atoms with Gasteiger partial charge in [0.25, 0.3) is 5.91 Å². The Bertz CT molecular complexity index is 732. The molecule has 1 heterocycles. The third-order valence-corrected chi connectivity index (χ3v) is 4.62. The molecule has 1 aromatic carbocycles. The third kappa shape index (κ3) is 3.87. The van der Waals surface area contributed by atoms with Crippen molar-refractivity contribution >= 4 is 17.5 Å². The molecule has 6 nitrogen and oxygen atoms in total. The summed E-state index contributed by atoms with van der Waals surface area (Å²) in [6.07, 6.45) is 3.67. The van der Waals surface area contributed by atoms with Crippen LogP contribution < -0.4 is 10.1 Å². The lowest BCUT2D eigenvalue weighted by Crippen LogP contribution is -2.33. The van der Waals surface area contributed by atoms with Gasteiger partial charge in [0, 0.05) is 24.9 Å². The lowest BCUT2D eigenvalue weighted by atomic mass is 10.0. The topological polar surface area (TPSA) is 77.2 Å². The van der Waals surface area contributed by atoms with Gasteiger partial charge in [0.05, 0.1) is 12.1 Å². The van der Waals surface area contributed by atoms with Crippen molar-refractivity contribution in [3.8, 4) is 5.75 Å². The number of rotatable bonds is 5. The van der Waals surface area contributed by atoms with Crippen LogP contribution >= 0.6 is 11.6 Å². The highest BCUT2D eigenvalue weighted by Gasteiger charge is 2.27. The van der Waals surface area contributed by atoms with Crippen LogP contribution in [-0.4, -0.2) is 29.3 Å². The average molecular weight is 350 g/mol. The molecule has 7 heteroatoms. The fraction of sp³-hybridized carbons (Fsp3) is 0.471. The van der Waals surface area contributed by atoms with Gasteiger partial charge in [-0.25, -0.2) is 0 Å². The van der Waals surface area contributed by atoms with Crippen molar-refractivity contribution in [1.29, 1.82) is 0 Å². The number of hydrogen-bond donors (Lipinski definition) is 1. The van der Waals surface area contributed by atoms with Gasteiger partial charge in [-0.2, -0.15) is 0 Å². The van der Waals surface area contributed by atoms with Crippen LogP contribution in [0.2, 0.25) is 5.02 Å². The molecule has 3 rings (SSSR count). The summed E-state index contributed by atoms with van der Waals surface area (Å²) in [4.78, 5) is 12.4. The summed E-state index contributed by atoms with van der Waals surface area (Å²) in [6.45, 7) is 1.79. The maximum Gasteiger partial charge on any atom is 0.251 e. The number of nitrogens with zero attached hydrogens (tertiary/aromatic N) is 2. The van der Waals surface area contributed by atoms with Crippen molar-refractivity contribution in [2.75, 3.05) is 7.11 Å². The fourth-order valence-electron chi connectivity index (χ4n) is 3.13. The Kier molecular flexibility index (Phi) is 5.04. The molecule has 1 amide bonds. The van der Waals surface area contributed by atoms with E-state index < -0.39 is 0 Å². The van der Waals surface area contributed by atoms with Gasteiger partial charge in [-0.3, -0.25) is 4.79 Å². The van der Waals surface area contributed by atoms with Crippen molar-refractivity contribution in [1.82, 2.24) is 15.5 Å². The second-order valence-electron chi connectivity index (χ2n) is 6.12. The maximum absolute atomic E-state index is 12.4. The van der Waals surface area contributed by atoms with Crippen molar-refractivity contribution in [2.45, 2.75) is 38.6 Å². The first-order chi connectivity index (χ1) is 11.5. The maximum atomic E-state index is 12.4. The monoisotopic (exact) mass is 349 g/mol. The number of ether oxygens (including phenoxy) is 1. The second-order valence-corrected chi connectivity index (χ2v) is 6.52. The molecule has 1 fully saturated rings. The van der Waals surface area contributed by atoms with Crippen LogP contribution in [0.5, 0.6) is 5.75 Å². The van der Waals surface area contributed by atoms with Gasteiger partial charge in [0.15, 0.2) is 0 Å². The standard InChI is InChI=1S/C17H20ClN3O3/c1-10-20-21-16(24-10)8-11-3-5-13(7-11)19-17(22)12-4-6-15(23-2)14(18)9-12/h4,6,9,11,13H,3,5,7-8H2,1-2H3,(H,19,22)/t11-,13+/m1/s1. The minimum Gasteiger partial charge on any atom is -0.495 e. The molecule has 24 heavy (non-hydrogen) atoms. The van der Waals surface area contributed by atoms with E-state index in [9.17, 15) is 4.79 Å². The van der Waals surface area contributed by atoms with E-state index in [4.69, 9.17) is 20.8 Å². The molecule has 1 aliphatic rings. The predicted octanol–water partition coefficient (Wildman–Crippen LogP) is 3.18. The van der Waals surface area contributed by atoms with Crippen LogP contribution in [0.3, 0.4) is 0 Å². The molecule has 0 bridgehead atoms. The Hall–Kier alpha value is -2.08. The average Bonchev–Trinajstić information content (AvgIpc) is 3.16. The molecule has 0 unspecified atom stereocenters. The SMILES string of the molecule is COc1ccc(C(=O)N[C@H]2CC[C@@H](Cc3nnc(C)o3)C2)cc1Cl. The molecule has 0 radical (unpaired) electrons. The molecule has 1 saturated carbocycles. The van der Waals surface area contributed by atoms with E-state index in [1.165, 1.54) is 0 Å². The van der Waals surface area contributed by atoms with Crippen molar-refractivity contribution in [3.05, 3.63) is 40.6 Å². The lowest BCUT2D eigenvalue weighted by molar-refractivity contribution is 0.0937. The first-order valence-corrected chi connectivity index (χ1v) is 8.36. The van der Waals surface area contributed by atoms with E-state index in [1.807, 2.05) is 0 Å². The molecule has 0 saturated heterocycles. The highest BCUT2D eigenvalue weighted by atomic mass is 35.5. The van der Waals surface area contributed by atoms with Gasteiger partial charge in [0.2, 0.25) is 11.8 Å². The highest BCUT2D eigenvalue weighted by Crippen LogP contribution is 2.29. The van der Waals surface area contributed by atoms with Crippen LogP contribution in [0, 0.1) is 12.8 Å². The number of nitrogens with one attached hydrogen (secondary N) is 1. The lowest BCUT2D eigenvalue weighted by Gasteiger charge is -2.13. The summed E-state index contributed by atoms with van der Waals surface area (Å²) >= 11 is 6.08. The molecular formula is C17H20ClN3O3. The van der Waals surface area contributed by atoms with Crippen LogP contribution in [0.4, 0.5) is 0 Å². The first kappa shape index (κ1) is 16.8. The van der Waals surface area contributed by atoms with Gasteiger partial charge in [-0.15, -0.1) is 10.2 Å². The van der Waals surface area contributed by atoms with Crippen molar-refractivity contribution < 1.29 is 13.9 Å². The van der Waals surface area contributed by atoms with E-state index in [0.29, 0.717) is 34.0 Å². The Morgan fingerprint density at radius 3 is 2.92 bits per heavy atom. The molecule has 1 aromatic heterocycles. The second kappa shape index (κ2) is 7.21. The normalized spacial score (nSPS) is 20.1. The molecular weight excluding hydrogens is 330 g/mol. The molecule has 0 aliphatic heterocycles. The number of benzene rings is 1. The van der Waals surface area contributed by atoms with Crippen LogP contribution in [0.1, 0.15) is 41.4 Å². The zero-order valence-corrected chi connectivity index (χ0v) is 14.5. The van der Waals surface area contributed by atoms with E-state index >= 15 is 0 Å². The largest absolute Gasteiger partial charge is 0.495 e. The Morgan fingerprint density at radius 1 is 1.42 bits per heavy atom. The zero-order valence-electron chi connectivity index (χ0n) is 13.7. The summed E-state index contributed by atoms with van der Waals surface area (Å²) in [6, 6.07) is 5.20. The van der Waals surface area contributed by atoms with Crippen molar-refractivity contribution in [3.63, 3.8) is 0 Å². The molecule has 2 aromatic rings. The number of amides is 1. The van der Waals surface area contributed by atoms with Gasteiger partial charge in [0.1, 0.15) is 5.75 Å². The van der Waals surface area contributed by atoms with E-state index in [0.717, 1.165) is 25.7 Å². The van der Waals surface area contributed by atoms with Gasteiger partial charge in [-0.1, -0.05) is 11.6 Å². The number of methoxy groups -OCH3 is 1. The third-order valence-electron chi connectivity index (χ3n) is 4.32. The number of carbonyl (C=O) groups is 1. The number of aromatic nitrogens is 2. The first-order valence-electron chi connectivity index (χ1n) is 7.98. The smallest absolute Gasteiger partial charge is 0.251 e. The van der Waals surface area contributed by atoms with E-state index in [2.05, 4.69) is 15.5 Å². The number of hydrogen-bond acceptors (Lipinski definition) is 5. The number of halogens is 1. The van der Waals surface area contributed by atoms with Crippen LogP contribution in [0.15, 0.2) is 22.6 Å². The van der Waals surface area contributed by atoms with Gasteiger partial charge < -0.3 is 14.5 Å².